The molecule has 88 valence electrons. The van der Waals surface area contributed by atoms with Gasteiger partial charge in [-0.25, -0.2) is 4.39 Å². The highest BCUT2D eigenvalue weighted by atomic mass is 19.1. The van der Waals surface area contributed by atoms with Gasteiger partial charge in [-0.15, -0.1) is 0 Å². The molecule has 3 nitrogen and oxygen atoms in total. The van der Waals surface area contributed by atoms with Crippen LogP contribution in [0, 0.1) is 5.82 Å². The van der Waals surface area contributed by atoms with Crippen molar-refractivity contribution >= 4 is 0 Å². The summed E-state index contributed by atoms with van der Waals surface area (Å²) in [5.41, 5.74) is 0.939. The van der Waals surface area contributed by atoms with Crippen molar-refractivity contribution < 1.29 is 9.50 Å². The second-order valence-corrected chi connectivity index (χ2v) is 4.13. The Balaban J connectivity index is 1.86. The topological polar surface area (TPSA) is 35.5 Å². The molecule has 2 N–H and O–H groups in total. The molecule has 0 aromatic heterocycles. The molecule has 1 fully saturated rings. The zero-order valence-electron chi connectivity index (χ0n) is 9.25. The maximum atomic E-state index is 13.1. The van der Waals surface area contributed by atoms with Crippen molar-refractivity contribution in [1.29, 1.82) is 0 Å². The Morgan fingerprint density at radius 2 is 2.06 bits per heavy atom. The van der Waals surface area contributed by atoms with Crippen LogP contribution in [0.3, 0.4) is 0 Å². The van der Waals surface area contributed by atoms with Gasteiger partial charge < -0.3 is 15.3 Å². The van der Waals surface area contributed by atoms with Crippen LogP contribution in [0.15, 0.2) is 18.2 Å². The molecule has 0 unspecified atom stereocenters. The van der Waals surface area contributed by atoms with E-state index < -0.39 is 5.82 Å². The Hall–Kier alpha value is -1.13. The number of hydrogen-bond acceptors (Lipinski definition) is 3. The summed E-state index contributed by atoms with van der Waals surface area (Å²) in [4.78, 5) is 2.36. The van der Waals surface area contributed by atoms with E-state index in [2.05, 4.69) is 10.2 Å². The first kappa shape index (κ1) is 11.4. The van der Waals surface area contributed by atoms with Crippen molar-refractivity contribution in [1.82, 2.24) is 10.2 Å². The highest BCUT2D eigenvalue weighted by Gasteiger charge is 2.09. The molecule has 0 saturated carbocycles. The van der Waals surface area contributed by atoms with Crippen molar-refractivity contribution in [3.05, 3.63) is 29.6 Å². The fourth-order valence-electron chi connectivity index (χ4n) is 1.93. The molecule has 0 aliphatic carbocycles. The molecule has 0 radical (unpaired) electrons. The number of nitrogens with one attached hydrogen (secondary N) is 1. The van der Waals surface area contributed by atoms with E-state index in [1.807, 2.05) is 0 Å². The molecule has 1 aliphatic rings. The lowest BCUT2D eigenvalue weighted by Gasteiger charge is -2.27. The number of benzene rings is 1. The molecule has 1 saturated heterocycles. The van der Waals surface area contributed by atoms with Gasteiger partial charge in [0.25, 0.3) is 0 Å². The SMILES string of the molecule is Oc1ccc(CCN2CCNCC2)cc1F. The third-order valence-corrected chi connectivity index (χ3v) is 2.94. The van der Waals surface area contributed by atoms with Gasteiger partial charge in [-0.05, 0) is 24.1 Å². The Labute approximate surface area is 94.9 Å². The van der Waals surface area contributed by atoms with Crippen molar-refractivity contribution in [3.63, 3.8) is 0 Å². The minimum Gasteiger partial charge on any atom is -0.505 e. The number of piperazine rings is 1. The molecular weight excluding hydrogens is 207 g/mol. The van der Waals surface area contributed by atoms with E-state index in [9.17, 15) is 4.39 Å². The maximum absolute atomic E-state index is 13.1. The summed E-state index contributed by atoms with van der Waals surface area (Å²) in [6.07, 6.45) is 0.831. The van der Waals surface area contributed by atoms with Crippen molar-refractivity contribution in [3.8, 4) is 5.75 Å². The molecule has 0 amide bonds. The van der Waals surface area contributed by atoms with Crippen LogP contribution < -0.4 is 5.32 Å². The first-order chi connectivity index (χ1) is 7.75. The quantitative estimate of drug-likeness (QED) is 0.803. The number of nitrogens with zero attached hydrogens (tertiary/aromatic N) is 1. The minimum absolute atomic E-state index is 0.272. The summed E-state index contributed by atoms with van der Waals surface area (Å²) in [5, 5.41) is 12.4. The standard InChI is InChI=1S/C12H17FN2O/c13-11-9-10(1-2-12(11)16)3-6-15-7-4-14-5-8-15/h1-2,9,14,16H,3-8H2. The van der Waals surface area contributed by atoms with E-state index >= 15 is 0 Å². The van der Waals surface area contributed by atoms with Gasteiger partial charge in [0, 0.05) is 32.7 Å². The fourth-order valence-corrected chi connectivity index (χ4v) is 1.93. The summed E-state index contributed by atoms with van der Waals surface area (Å²) in [5.74, 6) is -0.802. The second kappa shape index (κ2) is 5.27. The predicted molar refractivity (Wildman–Crippen MR) is 61.1 cm³/mol. The van der Waals surface area contributed by atoms with E-state index in [-0.39, 0.29) is 5.75 Å². The van der Waals surface area contributed by atoms with Gasteiger partial charge in [0.05, 0.1) is 0 Å². The Kier molecular flexibility index (Phi) is 3.74. The molecule has 2 rings (SSSR count). The van der Waals surface area contributed by atoms with Gasteiger partial charge >= 0.3 is 0 Å². The van der Waals surface area contributed by atoms with E-state index in [0.717, 1.165) is 44.7 Å². The Morgan fingerprint density at radius 1 is 1.31 bits per heavy atom. The van der Waals surface area contributed by atoms with Crippen LogP contribution in [0.4, 0.5) is 4.39 Å². The van der Waals surface area contributed by atoms with Crippen LogP contribution in [-0.2, 0) is 6.42 Å². The highest BCUT2D eigenvalue weighted by Crippen LogP contribution is 2.16. The Bertz CT molecular complexity index is 351. The third kappa shape index (κ3) is 2.93. The second-order valence-electron chi connectivity index (χ2n) is 4.13. The normalized spacial score (nSPS) is 17.6. The summed E-state index contributed by atoms with van der Waals surface area (Å²) in [6.45, 7) is 5.13. The molecule has 0 bridgehead atoms. The summed E-state index contributed by atoms with van der Waals surface area (Å²) in [7, 11) is 0. The predicted octanol–water partition coefficient (Wildman–Crippen LogP) is 0.979. The first-order valence-corrected chi connectivity index (χ1v) is 5.66. The van der Waals surface area contributed by atoms with Gasteiger partial charge in [0.2, 0.25) is 0 Å². The largest absolute Gasteiger partial charge is 0.505 e. The first-order valence-electron chi connectivity index (χ1n) is 5.66. The molecule has 1 aliphatic heterocycles. The van der Waals surface area contributed by atoms with Crippen molar-refractivity contribution in [2.75, 3.05) is 32.7 Å². The zero-order chi connectivity index (χ0) is 11.4. The van der Waals surface area contributed by atoms with Gasteiger partial charge in [0.1, 0.15) is 0 Å². The highest BCUT2D eigenvalue weighted by molar-refractivity contribution is 5.28. The molecule has 4 heteroatoms. The monoisotopic (exact) mass is 224 g/mol. The van der Waals surface area contributed by atoms with Crippen LogP contribution in [-0.4, -0.2) is 42.7 Å². The molecule has 0 spiro atoms. The number of phenolic OH excluding ortho intramolecular Hbond substituents is 1. The minimum atomic E-state index is -0.530. The molecule has 0 atom stereocenters. The van der Waals surface area contributed by atoms with E-state index in [4.69, 9.17) is 5.11 Å². The molecule has 16 heavy (non-hydrogen) atoms. The molecule has 1 aromatic carbocycles. The molecular formula is C12H17FN2O. The lowest BCUT2D eigenvalue weighted by molar-refractivity contribution is 0.244. The number of aromatic hydroxyl groups is 1. The van der Waals surface area contributed by atoms with Crippen molar-refractivity contribution in [2.45, 2.75) is 6.42 Å². The molecule has 1 aromatic rings. The lowest BCUT2D eigenvalue weighted by Crippen LogP contribution is -2.44. The van der Waals surface area contributed by atoms with Crippen molar-refractivity contribution in [2.24, 2.45) is 0 Å². The van der Waals surface area contributed by atoms with Crippen LogP contribution in [0.1, 0.15) is 5.56 Å². The van der Waals surface area contributed by atoms with Gasteiger partial charge in [-0.1, -0.05) is 6.07 Å². The fraction of sp³-hybridized carbons (Fsp3) is 0.500. The number of rotatable bonds is 3. The van der Waals surface area contributed by atoms with Crippen LogP contribution in [0.2, 0.25) is 0 Å². The van der Waals surface area contributed by atoms with Gasteiger partial charge in [0.15, 0.2) is 11.6 Å². The smallest absolute Gasteiger partial charge is 0.165 e. The summed E-state index contributed by atoms with van der Waals surface area (Å²) >= 11 is 0. The van der Waals surface area contributed by atoms with Crippen LogP contribution in [0.25, 0.3) is 0 Å². The van der Waals surface area contributed by atoms with E-state index in [0.29, 0.717) is 0 Å². The van der Waals surface area contributed by atoms with E-state index in [1.54, 1.807) is 6.07 Å². The average molecular weight is 224 g/mol. The van der Waals surface area contributed by atoms with Crippen LogP contribution in [0.5, 0.6) is 5.75 Å². The van der Waals surface area contributed by atoms with E-state index in [1.165, 1.54) is 12.1 Å². The van der Waals surface area contributed by atoms with Gasteiger partial charge in [-0.3, -0.25) is 0 Å². The average Bonchev–Trinajstić information content (AvgIpc) is 2.32. The molecule has 1 heterocycles. The van der Waals surface area contributed by atoms with Crippen LogP contribution >= 0.6 is 0 Å². The third-order valence-electron chi connectivity index (χ3n) is 2.94. The van der Waals surface area contributed by atoms with Gasteiger partial charge in [-0.2, -0.15) is 0 Å². The summed E-state index contributed by atoms with van der Waals surface area (Å²) in [6, 6.07) is 4.61. The number of phenols is 1. The Morgan fingerprint density at radius 3 is 2.75 bits per heavy atom. The maximum Gasteiger partial charge on any atom is 0.165 e. The zero-order valence-corrected chi connectivity index (χ0v) is 9.25. The number of halogens is 1. The summed E-state index contributed by atoms with van der Waals surface area (Å²) < 4.78 is 13.1. The lowest BCUT2D eigenvalue weighted by atomic mass is 10.1. The number of hydrogen-bond donors (Lipinski definition) is 2.